The Morgan fingerprint density at radius 1 is 0.816 bits per heavy atom. The lowest BCUT2D eigenvalue weighted by Gasteiger charge is -2.50. The molecule has 0 bridgehead atoms. The molecule has 3 aromatic carbocycles. The van der Waals surface area contributed by atoms with Gasteiger partial charge in [-0.2, -0.15) is 0 Å². The molecule has 7 rings (SSSR count). The molecule has 1 spiro atoms. The Hall–Kier alpha value is -3.63. The van der Waals surface area contributed by atoms with Crippen molar-refractivity contribution in [3.63, 3.8) is 0 Å². The van der Waals surface area contributed by atoms with Crippen LogP contribution in [0.15, 0.2) is 108 Å². The van der Waals surface area contributed by atoms with Crippen molar-refractivity contribution in [2.45, 2.75) is 45.2 Å². The van der Waals surface area contributed by atoms with E-state index in [1.165, 1.54) is 24.8 Å². The number of hydrogen-bond acceptors (Lipinski definition) is 4. The van der Waals surface area contributed by atoms with E-state index in [9.17, 15) is 0 Å². The predicted molar refractivity (Wildman–Crippen MR) is 157 cm³/mol. The Labute approximate surface area is 229 Å². The van der Waals surface area contributed by atoms with Crippen molar-refractivity contribution in [3.8, 4) is 0 Å². The largest absolute Gasteiger partial charge is 0.297 e. The van der Waals surface area contributed by atoms with E-state index in [1.54, 1.807) is 0 Å². The zero-order valence-corrected chi connectivity index (χ0v) is 22.4. The number of para-hydroxylation sites is 4. The van der Waals surface area contributed by atoms with Gasteiger partial charge in [0, 0.05) is 11.4 Å². The second-order valence-corrected chi connectivity index (χ2v) is 11.4. The average molecular weight is 519 g/mol. The predicted octanol–water partition coefficient (Wildman–Crippen LogP) is 8.90. The highest BCUT2D eigenvalue weighted by molar-refractivity contribution is 6.31. The third-order valence-electron chi connectivity index (χ3n) is 8.84. The van der Waals surface area contributed by atoms with Gasteiger partial charge in [-0.1, -0.05) is 78.7 Å². The molecule has 3 aliphatic rings. The second-order valence-electron chi connectivity index (χ2n) is 11.0. The van der Waals surface area contributed by atoms with Gasteiger partial charge in [0.05, 0.1) is 16.1 Å². The number of benzene rings is 3. The summed E-state index contributed by atoms with van der Waals surface area (Å²) in [5, 5.41) is 0.775. The van der Waals surface area contributed by atoms with Crippen molar-refractivity contribution in [2.75, 3.05) is 9.80 Å². The van der Waals surface area contributed by atoms with E-state index in [0.29, 0.717) is 5.41 Å². The molecule has 0 amide bonds. The first-order chi connectivity index (χ1) is 18.6. The molecule has 1 fully saturated rings. The van der Waals surface area contributed by atoms with Crippen LogP contribution >= 0.6 is 11.6 Å². The van der Waals surface area contributed by atoms with Gasteiger partial charge in [-0.15, -0.1) is 0 Å². The first kappa shape index (κ1) is 23.5. The lowest BCUT2D eigenvalue weighted by molar-refractivity contribution is 0.0309. The van der Waals surface area contributed by atoms with Gasteiger partial charge in [0.15, 0.2) is 17.8 Å². The summed E-state index contributed by atoms with van der Waals surface area (Å²) in [6, 6.07) is 28.9. The van der Waals surface area contributed by atoms with Crippen molar-refractivity contribution in [3.05, 3.63) is 108 Å². The first-order valence-electron chi connectivity index (χ1n) is 13.6. The third-order valence-corrected chi connectivity index (χ3v) is 9.15. The molecule has 2 atom stereocenters. The number of aromatic nitrogens is 2. The minimum Gasteiger partial charge on any atom is -0.297 e. The van der Waals surface area contributed by atoms with Crippen molar-refractivity contribution < 1.29 is 0 Å². The summed E-state index contributed by atoms with van der Waals surface area (Å²) in [6.07, 6.45) is 10.5. The molecular weight excluding hydrogens is 488 g/mol. The highest BCUT2D eigenvalue weighted by Gasteiger charge is 2.45. The smallest absolute Gasteiger partial charge is 0.179 e. The van der Waals surface area contributed by atoms with Crippen LogP contribution in [0.2, 0.25) is 0 Å². The maximum Gasteiger partial charge on any atom is 0.179 e. The molecule has 1 aliphatic heterocycles. The number of rotatable bonds is 4. The zero-order chi connectivity index (χ0) is 25.7. The Bertz CT molecular complexity index is 1460. The van der Waals surface area contributed by atoms with Crippen LogP contribution in [0, 0.1) is 11.3 Å². The van der Waals surface area contributed by atoms with Crippen LogP contribution in [0.5, 0.6) is 0 Å². The van der Waals surface area contributed by atoms with Crippen LogP contribution in [0.25, 0.3) is 11.0 Å². The molecule has 1 aromatic heterocycles. The Morgan fingerprint density at radius 2 is 1.37 bits per heavy atom. The fourth-order valence-electron chi connectivity index (χ4n) is 6.55. The average Bonchev–Trinajstić information content (AvgIpc) is 3.30. The van der Waals surface area contributed by atoms with Gasteiger partial charge in [0.2, 0.25) is 0 Å². The summed E-state index contributed by atoms with van der Waals surface area (Å²) in [5.74, 6) is 2.42. The summed E-state index contributed by atoms with van der Waals surface area (Å²) >= 11 is 7.40. The normalized spacial score (nSPS) is 23.5. The van der Waals surface area contributed by atoms with Gasteiger partial charge in [-0.25, -0.2) is 9.97 Å². The quantitative estimate of drug-likeness (QED) is 0.270. The van der Waals surface area contributed by atoms with Gasteiger partial charge in [0.1, 0.15) is 0 Å². The summed E-state index contributed by atoms with van der Waals surface area (Å²) < 4.78 is 0. The lowest BCUT2D eigenvalue weighted by atomic mass is 9.54. The SMILES string of the molecule is CC1CCC12CCC=C(/C=C(\Cl)C1N(c3ccccc3)c3nc4ccccc4nc3N1c1ccccc1)C2. The zero-order valence-electron chi connectivity index (χ0n) is 21.6. The van der Waals surface area contributed by atoms with Crippen LogP contribution in [0.3, 0.4) is 0 Å². The van der Waals surface area contributed by atoms with Gasteiger partial charge < -0.3 is 0 Å². The van der Waals surface area contributed by atoms with Crippen LogP contribution in [0.1, 0.15) is 39.0 Å². The Balaban J connectivity index is 1.40. The molecule has 2 heterocycles. The monoisotopic (exact) mass is 518 g/mol. The van der Waals surface area contributed by atoms with E-state index < -0.39 is 0 Å². The number of hydrogen-bond donors (Lipinski definition) is 0. The van der Waals surface area contributed by atoms with Crippen molar-refractivity contribution >= 4 is 45.6 Å². The number of nitrogens with zero attached hydrogens (tertiary/aromatic N) is 4. The topological polar surface area (TPSA) is 32.3 Å². The molecule has 2 unspecified atom stereocenters. The van der Waals surface area contributed by atoms with Crippen molar-refractivity contribution in [1.82, 2.24) is 9.97 Å². The third kappa shape index (κ3) is 3.82. The molecular formula is C33H31ClN4. The van der Waals surface area contributed by atoms with Crippen LogP contribution in [0.4, 0.5) is 23.0 Å². The van der Waals surface area contributed by atoms with Crippen molar-refractivity contribution in [2.24, 2.45) is 11.3 Å². The summed E-state index contributed by atoms with van der Waals surface area (Å²) in [5.41, 5.74) is 5.63. The molecule has 0 radical (unpaired) electrons. The fourth-order valence-corrected chi connectivity index (χ4v) is 6.89. The number of fused-ring (bicyclic) bond motifs is 2. The van der Waals surface area contributed by atoms with Crippen LogP contribution in [-0.4, -0.2) is 16.1 Å². The standard InChI is InChI=1S/C33H31ClN4/c1-23-18-20-33(23)19-10-11-24(22-33)21-27(34)32-37(25-12-4-2-5-13-25)30-31(38(32)26-14-6-3-7-15-26)36-29-17-9-8-16-28(29)35-30/h2-9,11-17,21,23,32H,10,18-20,22H2,1H3/b27-21-. The molecule has 4 aromatic rings. The van der Waals surface area contributed by atoms with E-state index in [-0.39, 0.29) is 6.17 Å². The minimum absolute atomic E-state index is 0.300. The maximum atomic E-state index is 7.40. The first-order valence-corrected chi connectivity index (χ1v) is 14.0. The van der Waals surface area contributed by atoms with E-state index in [1.807, 2.05) is 36.4 Å². The molecule has 38 heavy (non-hydrogen) atoms. The minimum atomic E-state index is -0.300. The molecule has 1 saturated carbocycles. The summed E-state index contributed by atoms with van der Waals surface area (Å²) in [7, 11) is 0. The van der Waals surface area contributed by atoms with E-state index in [2.05, 4.69) is 77.4 Å². The highest BCUT2D eigenvalue weighted by atomic mass is 35.5. The van der Waals surface area contributed by atoms with Gasteiger partial charge >= 0.3 is 0 Å². The van der Waals surface area contributed by atoms with E-state index in [0.717, 1.165) is 57.8 Å². The molecule has 0 N–H and O–H groups in total. The second kappa shape index (κ2) is 9.28. The van der Waals surface area contributed by atoms with Crippen LogP contribution < -0.4 is 9.80 Å². The number of anilines is 4. The maximum absolute atomic E-state index is 7.40. The number of allylic oxidation sites excluding steroid dienone is 3. The van der Waals surface area contributed by atoms with Gasteiger partial charge in [-0.3, -0.25) is 9.80 Å². The molecule has 0 saturated heterocycles. The summed E-state index contributed by atoms with van der Waals surface area (Å²) in [4.78, 5) is 14.8. The molecule has 190 valence electrons. The lowest BCUT2D eigenvalue weighted by Crippen LogP contribution is -2.40. The van der Waals surface area contributed by atoms with Crippen LogP contribution in [-0.2, 0) is 0 Å². The van der Waals surface area contributed by atoms with E-state index in [4.69, 9.17) is 21.6 Å². The van der Waals surface area contributed by atoms with Crippen molar-refractivity contribution in [1.29, 1.82) is 0 Å². The molecule has 2 aliphatic carbocycles. The van der Waals surface area contributed by atoms with E-state index >= 15 is 0 Å². The Morgan fingerprint density at radius 3 is 1.87 bits per heavy atom. The van der Waals surface area contributed by atoms with Gasteiger partial charge in [0.25, 0.3) is 0 Å². The fraction of sp³-hybridized carbons (Fsp3) is 0.273. The number of halogens is 1. The molecule has 4 nitrogen and oxygen atoms in total. The van der Waals surface area contributed by atoms with Gasteiger partial charge in [-0.05, 0) is 85.9 Å². The molecule has 5 heteroatoms. The summed E-state index contributed by atoms with van der Waals surface area (Å²) in [6.45, 7) is 2.42. The Kier molecular flexibility index (Phi) is 5.74. The highest BCUT2D eigenvalue weighted by Crippen LogP contribution is 2.56.